The summed E-state index contributed by atoms with van der Waals surface area (Å²) in [5.74, 6) is -0.877. The normalized spacial score (nSPS) is 15.9. The highest BCUT2D eigenvalue weighted by molar-refractivity contribution is 5.98. The van der Waals surface area contributed by atoms with Gasteiger partial charge in [0.05, 0.1) is 18.8 Å². The molecule has 1 amide bonds. The Balaban J connectivity index is 1.68. The molecule has 4 rings (SSSR count). The van der Waals surface area contributed by atoms with Gasteiger partial charge in [-0.3, -0.25) is 0 Å². The first-order chi connectivity index (χ1) is 16.6. The second-order valence-electron chi connectivity index (χ2n) is 9.19. The number of nitrogens with zero attached hydrogens (tertiary/aromatic N) is 4. The van der Waals surface area contributed by atoms with Crippen molar-refractivity contribution in [1.82, 2.24) is 24.4 Å². The highest BCUT2D eigenvalue weighted by Crippen LogP contribution is 2.26. The van der Waals surface area contributed by atoms with Crippen molar-refractivity contribution >= 4 is 29.2 Å². The minimum atomic E-state index is -1.31. The van der Waals surface area contributed by atoms with Gasteiger partial charge in [-0.2, -0.15) is 4.98 Å². The lowest BCUT2D eigenvalue weighted by molar-refractivity contribution is 0.0234. The maximum absolute atomic E-state index is 12.8. The molecule has 186 valence electrons. The predicted octanol–water partition coefficient (Wildman–Crippen LogP) is 2.63. The van der Waals surface area contributed by atoms with E-state index in [-0.39, 0.29) is 35.4 Å². The Morgan fingerprint density at radius 1 is 1.26 bits per heavy atom. The molecule has 1 unspecified atom stereocenters. The van der Waals surface area contributed by atoms with Gasteiger partial charge < -0.3 is 29.8 Å². The number of carbonyl (C=O) groups excluding carboxylic acids is 1. The Bertz CT molecular complexity index is 1320. The molecule has 2 aromatic heterocycles. The zero-order chi connectivity index (χ0) is 25.3. The lowest BCUT2D eigenvalue weighted by atomic mass is 10.2. The van der Waals surface area contributed by atoms with Gasteiger partial charge in [0, 0.05) is 13.1 Å². The number of fused-ring (bicyclic) bond motifs is 1. The number of carboxylic acid groups (broad SMARTS) is 1. The first-order valence-corrected chi connectivity index (χ1v) is 11.2. The van der Waals surface area contributed by atoms with Crippen LogP contribution < -0.4 is 15.7 Å². The molecule has 3 N–H and O–H groups in total. The highest BCUT2D eigenvalue weighted by Gasteiger charge is 2.32. The van der Waals surface area contributed by atoms with Crippen molar-refractivity contribution in [3.05, 3.63) is 40.4 Å². The minimum Gasteiger partial charge on any atom is -0.495 e. The number of benzene rings is 1. The number of likely N-dealkylation sites (tertiary alicyclic amines) is 1. The fourth-order valence-corrected chi connectivity index (χ4v) is 4.07. The number of carboxylic acids is 1. The zero-order valence-corrected chi connectivity index (χ0v) is 20.0. The number of ether oxygens (including phenoxy) is 2. The van der Waals surface area contributed by atoms with E-state index in [1.165, 1.54) is 11.7 Å². The van der Waals surface area contributed by atoms with E-state index >= 15 is 0 Å². The molecular weight excluding hydrogens is 456 g/mol. The number of hydrogen-bond acceptors (Lipinski definition) is 8. The standard InChI is InChI=1S/C23H28N6O6/c1-23(2,3)35-22(33)28-11-7-8-13(28)12-24-20-25-17(19(30)31)16-18(27-20)29(21(32)26-16)14-9-5-6-10-15(14)34-4/h5-6,9-10,13H,7-8,11-12H2,1-4H3,(H,26,32)(H,30,31)(H,24,25,27). The molecule has 0 aliphatic carbocycles. The van der Waals surface area contributed by atoms with Crippen LogP contribution in [0, 0.1) is 0 Å². The van der Waals surface area contributed by atoms with E-state index in [1.807, 2.05) is 20.8 Å². The van der Waals surface area contributed by atoms with Crippen molar-refractivity contribution in [2.24, 2.45) is 0 Å². The summed E-state index contributed by atoms with van der Waals surface area (Å²) in [7, 11) is 1.47. The third kappa shape index (κ3) is 4.91. The highest BCUT2D eigenvalue weighted by atomic mass is 16.6. The van der Waals surface area contributed by atoms with Crippen LogP contribution in [0.1, 0.15) is 44.1 Å². The van der Waals surface area contributed by atoms with Gasteiger partial charge in [0.15, 0.2) is 11.3 Å². The van der Waals surface area contributed by atoms with E-state index in [9.17, 15) is 19.5 Å². The van der Waals surface area contributed by atoms with Crippen molar-refractivity contribution in [1.29, 1.82) is 0 Å². The molecule has 1 aliphatic heterocycles. The number of methoxy groups -OCH3 is 1. The number of H-pyrrole nitrogens is 1. The molecule has 0 spiro atoms. The summed E-state index contributed by atoms with van der Waals surface area (Å²) in [6, 6.07) is 6.66. The SMILES string of the molecule is COc1ccccc1-n1c(=O)[nH]c2c(C(=O)O)nc(NCC3CCCN3C(=O)OC(C)(C)C)nc21. The second-order valence-corrected chi connectivity index (χ2v) is 9.19. The Kier molecular flexibility index (Phi) is 6.37. The van der Waals surface area contributed by atoms with Crippen LogP contribution in [0.15, 0.2) is 29.1 Å². The van der Waals surface area contributed by atoms with E-state index < -0.39 is 23.4 Å². The van der Waals surface area contributed by atoms with Crippen LogP contribution in [-0.4, -0.2) is 73.4 Å². The molecule has 0 bridgehead atoms. The lowest BCUT2D eigenvalue weighted by Gasteiger charge is -2.28. The van der Waals surface area contributed by atoms with Crippen molar-refractivity contribution in [3.63, 3.8) is 0 Å². The van der Waals surface area contributed by atoms with Crippen LogP contribution in [0.3, 0.4) is 0 Å². The Hall–Kier alpha value is -4.09. The van der Waals surface area contributed by atoms with Gasteiger partial charge in [-0.15, -0.1) is 0 Å². The van der Waals surface area contributed by atoms with Crippen LogP contribution in [0.4, 0.5) is 10.7 Å². The van der Waals surface area contributed by atoms with Gasteiger partial charge in [-0.1, -0.05) is 12.1 Å². The number of hydrogen-bond donors (Lipinski definition) is 3. The van der Waals surface area contributed by atoms with Crippen molar-refractivity contribution < 1.29 is 24.2 Å². The quantitative estimate of drug-likeness (QED) is 0.479. The molecule has 1 saturated heterocycles. The number of para-hydroxylation sites is 2. The van der Waals surface area contributed by atoms with Crippen molar-refractivity contribution in [3.8, 4) is 11.4 Å². The fraction of sp³-hybridized carbons (Fsp3) is 0.435. The van der Waals surface area contributed by atoms with Crippen molar-refractivity contribution in [2.75, 3.05) is 25.5 Å². The molecule has 1 aromatic carbocycles. The van der Waals surface area contributed by atoms with Crippen LogP contribution in [0.5, 0.6) is 5.75 Å². The van der Waals surface area contributed by atoms with E-state index in [4.69, 9.17) is 9.47 Å². The van der Waals surface area contributed by atoms with Crippen LogP contribution in [0.25, 0.3) is 16.9 Å². The molecule has 0 radical (unpaired) electrons. The number of anilines is 1. The lowest BCUT2D eigenvalue weighted by Crippen LogP contribution is -2.42. The molecule has 12 heteroatoms. The molecular formula is C23H28N6O6. The summed E-state index contributed by atoms with van der Waals surface area (Å²) in [6.07, 6.45) is 1.16. The largest absolute Gasteiger partial charge is 0.495 e. The molecule has 1 aliphatic rings. The Labute approximate surface area is 200 Å². The summed E-state index contributed by atoms with van der Waals surface area (Å²) in [5.41, 5.74) is -1.05. The second kappa shape index (κ2) is 9.28. The molecule has 1 fully saturated rings. The zero-order valence-electron chi connectivity index (χ0n) is 20.0. The number of rotatable bonds is 6. The van der Waals surface area contributed by atoms with E-state index in [1.54, 1.807) is 29.2 Å². The smallest absolute Gasteiger partial charge is 0.410 e. The molecule has 35 heavy (non-hydrogen) atoms. The summed E-state index contributed by atoms with van der Waals surface area (Å²) in [5, 5.41) is 12.8. The number of imidazole rings is 1. The van der Waals surface area contributed by atoms with Crippen LogP contribution in [0.2, 0.25) is 0 Å². The number of carbonyl (C=O) groups is 2. The molecule has 3 heterocycles. The Morgan fingerprint density at radius 3 is 2.69 bits per heavy atom. The summed E-state index contributed by atoms with van der Waals surface area (Å²) < 4.78 is 12.1. The molecule has 12 nitrogen and oxygen atoms in total. The summed E-state index contributed by atoms with van der Waals surface area (Å²) >= 11 is 0. The number of aromatic nitrogens is 4. The van der Waals surface area contributed by atoms with E-state index in [0.717, 1.165) is 12.8 Å². The topological polar surface area (TPSA) is 152 Å². The number of amides is 1. The fourth-order valence-electron chi connectivity index (χ4n) is 4.07. The number of nitrogens with one attached hydrogen (secondary N) is 2. The van der Waals surface area contributed by atoms with Crippen LogP contribution in [-0.2, 0) is 4.74 Å². The average Bonchev–Trinajstić information content (AvgIpc) is 3.39. The molecule has 0 saturated carbocycles. The average molecular weight is 485 g/mol. The Morgan fingerprint density at radius 2 is 2.00 bits per heavy atom. The summed E-state index contributed by atoms with van der Waals surface area (Å²) in [6.45, 7) is 6.27. The van der Waals surface area contributed by atoms with Gasteiger partial charge in [0.25, 0.3) is 0 Å². The molecule has 3 aromatic rings. The monoisotopic (exact) mass is 484 g/mol. The van der Waals surface area contributed by atoms with Gasteiger partial charge >= 0.3 is 17.8 Å². The third-order valence-corrected chi connectivity index (χ3v) is 5.57. The van der Waals surface area contributed by atoms with Crippen molar-refractivity contribution in [2.45, 2.75) is 45.3 Å². The first kappa shape index (κ1) is 24.0. The third-order valence-electron chi connectivity index (χ3n) is 5.57. The van der Waals surface area contributed by atoms with Gasteiger partial charge in [-0.25, -0.2) is 23.9 Å². The van der Waals surface area contributed by atoms with E-state index in [2.05, 4.69) is 20.3 Å². The van der Waals surface area contributed by atoms with Gasteiger partial charge in [0.2, 0.25) is 5.95 Å². The number of aromatic amines is 1. The minimum absolute atomic E-state index is 0.00444. The van der Waals surface area contributed by atoms with Gasteiger partial charge in [0.1, 0.15) is 16.9 Å². The van der Waals surface area contributed by atoms with E-state index in [0.29, 0.717) is 18.0 Å². The maximum atomic E-state index is 12.8. The van der Waals surface area contributed by atoms with Crippen LogP contribution >= 0.6 is 0 Å². The predicted molar refractivity (Wildman–Crippen MR) is 127 cm³/mol. The maximum Gasteiger partial charge on any atom is 0.410 e. The van der Waals surface area contributed by atoms with Gasteiger partial charge in [-0.05, 0) is 45.7 Å². The number of aromatic carboxylic acids is 1. The first-order valence-electron chi connectivity index (χ1n) is 11.2. The molecule has 1 atom stereocenters. The summed E-state index contributed by atoms with van der Waals surface area (Å²) in [4.78, 5) is 50.1.